The Hall–Kier alpha value is -1.86. The molecule has 0 saturated carbocycles. The van der Waals surface area contributed by atoms with Gasteiger partial charge in [0.05, 0.1) is 11.8 Å². The van der Waals surface area contributed by atoms with Crippen LogP contribution < -0.4 is 20.2 Å². The Morgan fingerprint density at radius 1 is 1.36 bits per heavy atom. The van der Waals surface area contributed by atoms with Gasteiger partial charge in [-0.2, -0.15) is 5.10 Å². The number of benzene rings is 1. The summed E-state index contributed by atoms with van der Waals surface area (Å²) in [5.41, 5.74) is 4.63. The molecule has 3 rings (SSSR count). The maximum atomic E-state index is 5.53. The predicted octanol–water partition coefficient (Wildman–Crippen LogP) is 1.78. The second kappa shape index (κ2) is 6.93. The first-order valence-electron chi connectivity index (χ1n) is 7.32. The summed E-state index contributed by atoms with van der Waals surface area (Å²) in [5.74, 6) is 1.50. The van der Waals surface area contributed by atoms with E-state index in [1.165, 1.54) is 0 Å². The van der Waals surface area contributed by atoms with E-state index in [4.69, 9.17) is 26.4 Å². The van der Waals surface area contributed by atoms with Crippen molar-refractivity contribution in [1.29, 1.82) is 0 Å². The highest BCUT2D eigenvalue weighted by Gasteiger charge is 2.15. The van der Waals surface area contributed by atoms with Crippen LogP contribution in [0.5, 0.6) is 11.5 Å². The molecular weight excluding hydrogens is 302 g/mol. The molecule has 0 bridgehead atoms. The fraction of sp³-hybridized carbons (Fsp3) is 0.467. The third-order valence-electron chi connectivity index (χ3n) is 3.63. The molecule has 1 saturated heterocycles. The zero-order valence-corrected chi connectivity index (χ0v) is 13.2. The van der Waals surface area contributed by atoms with E-state index in [9.17, 15) is 0 Å². The Morgan fingerprint density at radius 2 is 2.23 bits per heavy atom. The quantitative estimate of drug-likeness (QED) is 0.501. The molecule has 2 N–H and O–H groups in total. The number of hydrazone groups is 1. The van der Waals surface area contributed by atoms with Crippen LogP contribution in [0.15, 0.2) is 23.3 Å². The van der Waals surface area contributed by atoms with Gasteiger partial charge in [0, 0.05) is 18.7 Å². The molecule has 1 fully saturated rings. The van der Waals surface area contributed by atoms with E-state index in [2.05, 4.69) is 15.8 Å². The summed E-state index contributed by atoms with van der Waals surface area (Å²) in [4.78, 5) is 0. The maximum absolute atomic E-state index is 5.53. The number of nitrogens with one attached hydrogen (secondary N) is 2. The lowest BCUT2D eigenvalue weighted by Gasteiger charge is -2.12. The lowest BCUT2D eigenvalue weighted by atomic mass is 10.1. The van der Waals surface area contributed by atoms with Gasteiger partial charge in [0.15, 0.2) is 16.6 Å². The highest BCUT2D eigenvalue weighted by molar-refractivity contribution is 7.80. The molecule has 2 aliphatic heterocycles. The molecular formula is C15H19N3O3S. The summed E-state index contributed by atoms with van der Waals surface area (Å²) in [6.07, 6.45) is 2.45. The van der Waals surface area contributed by atoms with Crippen LogP contribution in [0.2, 0.25) is 0 Å². The summed E-state index contributed by atoms with van der Waals surface area (Å²) in [6, 6.07) is 5.73. The normalized spacial score (nSPS) is 20.0. The second-order valence-electron chi connectivity index (χ2n) is 5.22. The summed E-state index contributed by atoms with van der Waals surface area (Å²) in [5, 5.41) is 7.90. The molecule has 118 valence electrons. The van der Waals surface area contributed by atoms with E-state index in [1.807, 2.05) is 25.1 Å². The molecule has 0 aliphatic carbocycles. The molecule has 0 aromatic heterocycles. The molecule has 1 aromatic carbocycles. The van der Waals surface area contributed by atoms with Crippen LogP contribution in [0.4, 0.5) is 0 Å². The molecule has 22 heavy (non-hydrogen) atoms. The van der Waals surface area contributed by atoms with E-state index in [0.717, 1.165) is 42.2 Å². The first-order chi connectivity index (χ1) is 10.7. The first kappa shape index (κ1) is 15.1. The fourth-order valence-corrected chi connectivity index (χ4v) is 2.50. The summed E-state index contributed by atoms with van der Waals surface area (Å²) >= 11 is 5.21. The minimum atomic E-state index is 0.249. The summed E-state index contributed by atoms with van der Waals surface area (Å²) < 4.78 is 16.2. The molecule has 0 radical (unpaired) electrons. The lowest BCUT2D eigenvalue weighted by Crippen LogP contribution is -2.37. The van der Waals surface area contributed by atoms with Gasteiger partial charge in [-0.05, 0) is 50.2 Å². The molecule has 2 aliphatic rings. The summed E-state index contributed by atoms with van der Waals surface area (Å²) in [6.45, 7) is 3.73. The van der Waals surface area contributed by atoms with Gasteiger partial charge < -0.3 is 19.5 Å². The van der Waals surface area contributed by atoms with Crippen molar-refractivity contribution in [3.8, 4) is 11.5 Å². The average Bonchev–Trinajstić information content (AvgIpc) is 3.20. The van der Waals surface area contributed by atoms with Crippen molar-refractivity contribution < 1.29 is 14.2 Å². The van der Waals surface area contributed by atoms with Crippen molar-refractivity contribution in [2.24, 2.45) is 5.10 Å². The number of rotatable bonds is 4. The van der Waals surface area contributed by atoms with Crippen molar-refractivity contribution in [3.05, 3.63) is 23.8 Å². The standard InChI is InChI=1S/C15H19N3O3S/c1-10(11-4-5-13-14(7-11)21-9-20-13)17-18-15(22)16-8-12-3-2-6-19-12/h4-5,7,12H,2-3,6,8-9H2,1H3,(H2,16,18,22)/b17-10+. The molecule has 7 heteroatoms. The van der Waals surface area contributed by atoms with E-state index in [-0.39, 0.29) is 12.9 Å². The highest BCUT2D eigenvalue weighted by Crippen LogP contribution is 2.32. The molecule has 2 heterocycles. The van der Waals surface area contributed by atoms with Crippen LogP contribution in [0.3, 0.4) is 0 Å². The van der Waals surface area contributed by atoms with E-state index >= 15 is 0 Å². The van der Waals surface area contributed by atoms with Gasteiger partial charge in [-0.1, -0.05) is 0 Å². The Morgan fingerprint density at radius 3 is 3.05 bits per heavy atom. The highest BCUT2D eigenvalue weighted by atomic mass is 32.1. The lowest BCUT2D eigenvalue weighted by molar-refractivity contribution is 0.114. The summed E-state index contributed by atoms with van der Waals surface area (Å²) in [7, 11) is 0. The number of fused-ring (bicyclic) bond motifs is 1. The van der Waals surface area contributed by atoms with Crippen LogP contribution in [-0.2, 0) is 4.74 Å². The molecule has 0 spiro atoms. The van der Waals surface area contributed by atoms with Crippen LogP contribution >= 0.6 is 12.2 Å². The van der Waals surface area contributed by atoms with E-state index < -0.39 is 0 Å². The third-order valence-corrected chi connectivity index (χ3v) is 3.87. The Kier molecular flexibility index (Phi) is 4.74. The molecule has 1 aromatic rings. The van der Waals surface area contributed by atoms with Crippen molar-refractivity contribution in [2.75, 3.05) is 19.9 Å². The second-order valence-corrected chi connectivity index (χ2v) is 5.63. The zero-order valence-electron chi connectivity index (χ0n) is 12.4. The van der Waals surface area contributed by atoms with Crippen molar-refractivity contribution in [1.82, 2.24) is 10.7 Å². The monoisotopic (exact) mass is 321 g/mol. The minimum Gasteiger partial charge on any atom is -0.454 e. The fourth-order valence-electron chi connectivity index (χ4n) is 2.37. The SMILES string of the molecule is C/C(=N\NC(=S)NCC1CCCO1)c1ccc2c(c1)OCO2. The van der Waals surface area contributed by atoms with E-state index in [1.54, 1.807) is 0 Å². The predicted molar refractivity (Wildman–Crippen MR) is 87.5 cm³/mol. The molecule has 0 amide bonds. The van der Waals surface area contributed by atoms with Gasteiger partial charge in [0.2, 0.25) is 6.79 Å². The minimum absolute atomic E-state index is 0.249. The van der Waals surface area contributed by atoms with Gasteiger partial charge in [-0.3, -0.25) is 5.43 Å². The maximum Gasteiger partial charge on any atom is 0.231 e. The average molecular weight is 321 g/mol. The number of hydrogen-bond donors (Lipinski definition) is 2. The van der Waals surface area contributed by atoms with Crippen LogP contribution in [0, 0.1) is 0 Å². The number of hydrogen-bond acceptors (Lipinski definition) is 5. The molecule has 1 unspecified atom stereocenters. The van der Waals surface area contributed by atoms with Gasteiger partial charge >= 0.3 is 0 Å². The molecule has 1 atom stereocenters. The van der Waals surface area contributed by atoms with E-state index in [0.29, 0.717) is 11.7 Å². The smallest absolute Gasteiger partial charge is 0.231 e. The molecule has 6 nitrogen and oxygen atoms in total. The van der Waals surface area contributed by atoms with Crippen molar-refractivity contribution >= 4 is 23.0 Å². The van der Waals surface area contributed by atoms with Gasteiger partial charge in [0.25, 0.3) is 0 Å². The van der Waals surface area contributed by atoms with Gasteiger partial charge in [-0.15, -0.1) is 0 Å². The largest absolute Gasteiger partial charge is 0.454 e. The Bertz CT molecular complexity index is 585. The Labute approximate surface area is 134 Å². The van der Waals surface area contributed by atoms with Crippen molar-refractivity contribution in [2.45, 2.75) is 25.9 Å². The Balaban J connectivity index is 1.51. The van der Waals surface area contributed by atoms with Gasteiger partial charge in [0.1, 0.15) is 0 Å². The van der Waals surface area contributed by atoms with Crippen LogP contribution in [0.25, 0.3) is 0 Å². The van der Waals surface area contributed by atoms with Gasteiger partial charge in [-0.25, -0.2) is 0 Å². The topological polar surface area (TPSA) is 64.1 Å². The van der Waals surface area contributed by atoms with Crippen molar-refractivity contribution in [3.63, 3.8) is 0 Å². The number of nitrogens with zero attached hydrogens (tertiary/aromatic N) is 1. The van der Waals surface area contributed by atoms with Crippen LogP contribution in [-0.4, -0.2) is 36.9 Å². The zero-order chi connectivity index (χ0) is 15.4. The first-order valence-corrected chi connectivity index (χ1v) is 7.73. The number of ether oxygens (including phenoxy) is 3. The third kappa shape index (κ3) is 3.66. The van der Waals surface area contributed by atoms with Crippen LogP contribution in [0.1, 0.15) is 25.3 Å². The number of thiocarbonyl (C=S) groups is 1.